The molecule has 0 bridgehead atoms. The molecule has 2 N–H and O–H groups in total. The molecule has 0 saturated carbocycles. The molecular formula is C14H19I4NO3Sm2. The maximum atomic E-state index is 10.3. The molecule has 0 spiro atoms. The molecule has 10 heteroatoms. The molecule has 4 nitrogen and oxygen atoms in total. The van der Waals surface area contributed by atoms with E-state index in [0.29, 0.717) is 5.57 Å². The second kappa shape index (κ2) is 14.8. The van der Waals surface area contributed by atoms with E-state index in [-0.39, 0.29) is 62.9 Å². The van der Waals surface area contributed by atoms with Gasteiger partial charge in [0.25, 0.3) is 5.95 Å². The fourth-order valence-corrected chi connectivity index (χ4v) is 2.66. The predicted octanol–water partition coefficient (Wildman–Crippen LogP) is 5.69. The molecule has 1 atom stereocenters. The van der Waals surface area contributed by atoms with E-state index in [4.69, 9.17) is 4.74 Å². The van der Waals surface area contributed by atoms with Crippen LogP contribution in [0.15, 0.2) is 30.2 Å². The predicted molar refractivity (Wildman–Crippen MR) is 128 cm³/mol. The van der Waals surface area contributed by atoms with Gasteiger partial charge in [-0.1, -0.05) is 18.2 Å². The van der Waals surface area contributed by atoms with Gasteiger partial charge in [-0.25, -0.2) is 0 Å². The van der Waals surface area contributed by atoms with E-state index in [0.717, 1.165) is 11.3 Å². The first kappa shape index (κ1) is 27.9. The first-order chi connectivity index (χ1) is 11.2. The maximum absolute atomic E-state index is 10.3. The molecule has 24 heavy (non-hydrogen) atoms. The van der Waals surface area contributed by atoms with Crippen LogP contribution >= 0.6 is 57.2 Å². The van der Waals surface area contributed by atoms with Crippen molar-refractivity contribution in [2.45, 2.75) is 25.5 Å². The average Bonchev–Trinajstić information content (AvgIpc) is 2.82. The molecule has 1 aromatic rings. The number of ether oxygens (including phenoxy) is 1. The van der Waals surface area contributed by atoms with Crippen molar-refractivity contribution >= 4 is 68.4 Å². The number of aliphatic hydroxyl groups excluding tert-OH is 1. The summed E-state index contributed by atoms with van der Waals surface area (Å²) in [6.45, 7) is 3.45. The fraction of sp³-hybridized carbons (Fsp3) is 0.429. The van der Waals surface area contributed by atoms with Crippen LogP contribution in [0.4, 0.5) is 5.69 Å². The Bertz CT molecular complexity index is 539. The van der Waals surface area contributed by atoms with E-state index < -0.39 is 5.60 Å². The van der Waals surface area contributed by atoms with Crippen LogP contribution in [0.1, 0.15) is 19.4 Å². The van der Waals surface area contributed by atoms with Gasteiger partial charge in [-0.3, -0.25) is 0 Å². The second-order valence-corrected chi connectivity index (χ2v) is 44.0. The summed E-state index contributed by atoms with van der Waals surface area (Å²) in [6, 6.07) is 7.38. The molecule has 1 aliphatic heterocycles. The zero-order valence-electron chi connectivity index (χ0n) is 13.5. The molecule has 0 saturated heterocycles. The van der Waals surface area contributed by atoms with Gasteiger partial charge in [-0.2, -0.15) is 0 Å². The number of methoxy groups -OCH3 is 1. The Hall–Kier alpha value is 3.92. The number of para-hydroxylation sites is 1. The average molecular weight is 1060 g/mol. The molecule has 1 aromatic carbocycles. The summed E-state index contributed by atoms with van der Waals surface area (Å²) in [5.41, 5.74) is 1.51. The van der Waals surface area contributed by atoms with E-state index in [9.17, 15) is 10.2 Å². The Labute approximate surface area is 208 Å². The molecule has 1 heterocycles. The fourth-order valence-electron chi connectivity index (χ4n) is 2.66. The zero-order chi connectivity index (χ0) is 18.9. The van der Waals surface area contributed by atoms with Crippen molar-refractivity contribution in [3.05, 3.63) is 35.8 Å². The van der Waals surface area contributed by atoms with Crippen molar-refractivity contribution in [3.8, 4) is 0 Å². The van der Waals surface area contributed by atoms with Crippen LogP contribution < -0.4 is 4.90 Å². The van der Waals surface area contributed by atoms with Gasteiger partial charge in [0.1, 0.15) is 0 Å². The van der Waals surface area contributed by atoms with Crippen LogP contribution in [0.2, 0.25) is 0 Å². The van der Waals surface area contributed by atoms with Gasteiger partial charge in [0, 0.05) is 18.3 Å². The number of anilines is 1. The molecule has 0 aliphatic carbocycles. The molecule has 1 aliphatic rings. The normalized spacial score (nSPS) is 17.9. The number of rotatable bonds is 2. The van der Waals surface area contributed by atoms with Gasteiger partial charge in [0.2, 0.25) is 0 Å². The summed E-state index contributed by atoms with van der Waals surface area (Å²) >= 11 is 10.1. The van der Waals surface area contributed by atoms with E-state index in [1.807, 2.05) is 36.2 Å². The van der Waals surface area contributed by atoms with Crippen LogP contribution in [0, 0.1) is 50.9 Å². The number of hydrogen-bond acceptors (Lipinski definition) is 4. The Morgan fingerprint density at radius 3 is 2.04 bits per heavy atom. The minimum atomic E-state index is -0.990. The number of fused-ring (bicyclic) bond motifs is 1. The number of benzene rings is 1. The molecule has 0 amide bonds. The minimum absolute atomic E-state index is 0.140. The van der Waals surface area contributed by atoms with Gasteiger partial charge in [0.15, 0.2) is 0 Å². The molecule has 0 radical (unpaired) electrons. The third kappa shape index (κ3) is 8.74. The summed E-state index contributed by atoms with van der Waals surface area (Å²) in [6.07, 6.45) is 0. The van der Waals surface area contributed by atoms with Crippen LogP contribution in [-0.4, -0.2) is 36.0 Å². The van der Waals surface area contributed by atoms with Crippen molar-refractivity contribution in [1.82, 2.24) is 0 Å². The summed E-state index contributed by atoms with van der Waals surface area (Å²) < 4.78 is 4.96. The molecule has 0 fully saturated rings. The quantitative estimate of drug-likeness (QED) is 0.296. The van der Waals surface area contributed by atoms with Crippen LogP contribution in [-0.2, 0) is 4.74 Å². The molecule has 0 unspecified atom stereocenters. The van der Waals surface area contributed by atoms with Gasteiger partial charge in [-0.15, -0.1) is 0 Å². The number of likely N-dealkylation sites (N-methyl/N-ethyl adjacent to an activating group) is 1. The van der Waals surface area contributed by atoms with E-state index in [1.54, 1.807) is 13.8 Å². The molecule has 2 rings (SSSR count). The van der Waals surface area contributed by atoms with Crippen molar-refractivity contribution in [2.24, 2.45) is 0 Å². The Morgan fingerprint density at radius 2 is 1.62 bits per heavy atom. The van der Waals surface area contributed by atoms with E-state index in [1.165, 1.54) is 7.11 Å². The summed E-state index contributed by atoms with van der Waals surface area (Å²) in [5, 5.41) is 20.3. The summed E-state index contributed by atoms with van der Waals surface area (Å²) in [4.78, 5) is 1.96. The van der Waals surface area contributed by atoms with Crippen molar-refractivity contribution < 1.29 is 65.9 Å². The van der Waals surface area contributed by atoms with Crippen LogP contribution in [0.3, 0.4) is 0 Å². The zero-order valence-corrected chi connectivity index (χ0v) is 27.3. The summed E-state index contributed by atoms with van der Waals surface area (Å²) in [7, 11) is 3.32. The number of halogens is 4. The Balaban J connectivity index is 0.000000772. The van der Waals surface area contributed by atoms with Crippen molar-refractivity contribution in [3.63, 3.8) is 0 Å². The Kier molecular flexibility index (Phi) is 17.2. The van der Waals surface area contributed by atoms with Gasteiger partial charge in [0.05, 0.1) is 24.3 Å². The standard InChI is InChI=1S/C14H19NO3.4HI.2Sm/c1-14(2,17)12-11(13(16)18-4)9-7-5-6-8-10(9)15(12)3;;;;;;/h5-8,12,16-17H,1-4H3;4*1H;;/q;;;;;2*+2/p-4/b13-11-;;;;;;/t12-;;;;;;/m1....../s1. The van der Waals surface area contributed by atoms with Gasteiger partial charge < -0.3 is 19.8 Å². The van der Waals surface area contributed by atoms with Crippen LogP contribution in [0.25, 0.3) is 5.57 Å². The van der Waals surface area contributed by atoms with Gasteiger partial charge >= 0.3 is 108 Å². The third-order valence-electron chi connectivity index (χ3n) is 3.33. The Morgan fingerprint density at radius 1 is 1.17 bits per heavy atom. The first-order valence-electron chi connectivity index (χ1n) is 6.51. The van der Waals surface area contributed by atoms with E-state index >= 15 is 0 Å². The molecule has 0 aromatic heterocycles. The first-order valence-corrected chi connectivity index (χ1v) is 36.6. The topological polar surface area (TPSA) is 52.9 Å². The third-order valence-corrected chi connectivity index (χ3v) is 3.33. The number of aliphatic hydroxyl groups is 2. The second-order valence-electron chi connectivity index (χ2n) is 5.22. The van der Waals surface area contributed by atoms with Gasteiger partial charge in [-0.05, 0) is 19.9 Å². The number of hydrogen-bond donors (Lipinski definition) is 2. The van der Waals surface area contributed by atoms with E-state index in [2.05, 4.69) is 57.2 Å². The molecule has 138 valence electrons. The summed E-state index contributed by atoms with van der Waals surface area (Å²) in [5.74, 6) is -0.140. The molecular weight excluding hydrogens is 1040 g/mol. The monoisotopic (exact) mass is 1060 g/mol. The van der Waals surface area contributed by atoms with Crippen molar-refractivity contribution in [2.75, 3.05) is 19.1 Å². The number of nitrogens with zero attached hydrogens (tertiary/aromatic N) is 1. The van der Waals surface area contributed by atoms with Crippen LogP contribution in [0.5, 0.6) is 0 Å². The SMILES string of the molecule is CO/C(O)=C1/c2ccccc2N(C)[C@H]1C(C)(C)O.[I][Sm][I].[I][Sm][I]. The van der Waals surface area contributed by atoms with Crippen molar-refractivity contribution in [1.29, 1.82) is 0 Å².